The Kier molecular flexibility index (Phi) is 4.17. The van der Waals surface area contributed by atoms with Crippen LogP contribution in [0.1, 0.15) is 21.8 Å². The number of carbonyl (C=O) groups excluding carboxylic acids is 1. The van der Waals surface area contributed by atoms with E-state index in [-0.39, 0.29) is 15.7 Å². The van der Waals surface area contributed by atoms with Crippen molar-refractivity contribution in [1.29, 1.82) is 0 Å². The van der Waals surface area contributed by atoms with Gasteiger partial charge in [0.1, 0.15) is 0 Å². The summed E-state index contributed by atoms with van der Waals surface area (Å²) in [4.78, 5) is 21.8. The zero-order valence-corrected chi connectivity index (χ0v) is 12.3. The molecule has 0 aliphatic carbocycles. The van der Waals surface area contributed by atoms with Crippen molar-refractivity contribution < 1.29 is 23.0 Å². The van der Waals surface area contributed by atoms with Crippen LogP contribution in [0.4, 0.5) is 14.5 Å². The standard InChI is InChI=1S/C12H6Cl2F2N2O4/c1-5-9(18(20)21)11(22-17-5)12(15,16)10(19)8-6(13)3-2-4-7(8)14/h2-4H,1H3. The van der Waals surface area contributed by atoms with Crippen LogP contribution in [0.2, 0.25) is 10.0 Å². The number of ketones is 1. The lowest BCUT2D eigenvalue weighted by molar-refractivity contribution is -0.387. The summed E-state index contributed by atoms with van der Waals surface area (Å²) in [6, 6.07) is 3.74. The van der Waals surface area contributed by atoms with E-state index in [4.69, 9.17) is 23.2 Å². The van der Waals surface area contributed by atoms with Crippen molar-refractivity contribution in [1.82, 2.24) is 5.16 Å². The average molecular weight is 351 g/mol. The highest BCUT2D eigenvalue weighted by Crippen LogP contribution is 2.41. The van der Waals surface area contributed by atoms with E-state index in [1.54, 1.807) is 0 Å². The monoisotopic (exact) mass is 350 g/mol. The molecular weight excluding hydrogens is 345 g/mol. The van der Waals surface area contributed by atoms with E-state index in [2.05, 4.69) is 9.68 Å². The zero-order chi connectivity index (χ0) is 16.7. The molecule has 0 N–H and O–H groups in total. The Balaban J connectivity index is 2.60. The fourth-order valence-corrected chi connectivity index (χ4v) is 2.33. The normalized spacial score (nSPS) is 11.5. The van der Waals surface area contributed by atoms with Gasteiger partial charge >= 0.3 is 11.6 Å². The van der Waals surface area contributed by atoms with Gasteiger partial charge in [-0.15, -0.1) is 0 Å². The number of carbonyl (C=O) groups is 1. The molecule has 0 fully saturated rings. The van der Waals surface area contributed by atoms with Gasteiger partial charge < -0.3 is 4.52 Å². The lowest BCUT2D eigenvalue weighted by Gasteiger charge is -2.13. The predicted octanol–water partition coefficient (Wildman–Crippen LogP) is 4.17. The summed E-state index contributed by atoms with van der Waals surface area (Å²) in [7, 11) is 0. The van der Waals surface area contributed by atoms with Crippen LogP contribution < -0.4 is 0 Å². The van der Waals surface area contributed by atoms with Crippen molar-refractivity contribution in [2.75, 3.05) is 0 Å². The zero-order valence-electron chi connectivity index (χ0n) is 10.8. The first-order valence-electron chi connectivity index (χ1n) is 5.65. The number of alkyl halides is 2. The molecule has 0 amide bonds. The second kappa shape index (κ2) is 5.62. The van der Waals surface area contributed by atoms with Gasteiger partial charge in [0, 0.05) is 0 Å². The largest absolute Gasteiger partial charge is 0.376 e. The first-order valence-corrected chi connectivity index (χ1v) is 6.41. The molecule has 6 nitrogen and oxygen atoms in total. The van der Waals surface area contributed by atoms with E-state index in [1.807, 2.05) is 0 Å². The lowest BCUT2D eigenvalue weighted by atomic mass is 10.0. The summed E-state index contributed by atoms with van der Waals surface area (Å²) in [5, 5.41) is 13.3. The number of halogens is 4. The summed E-state index contributed by atoms with van der Waals surface area (Å²) in [6.07, 6.45) is 0. The van der Waals surface area contributed by atoms with Crippen molar-refractivity contribution in [3.8, 4) is 0 Å². The third-order valence-corrected chi connectivity index (χ3v) is 3.40. The van der Waals surface area contributed by atoms with E-state index < -0.39 is 33.6 Å². The van der Waals surface area contributed by atoms with Crippen LogP contribution in [-0.2, 0) is 5.92 Å². The Morgan fingerprint density at radius 1 is 1.36 bits per heavy atom. The number of hydrogen-bond donors (Lipinski definition) is 0. The lowest BCUT2D eigenvalue weighted by Crippen LogP contribution is -2.27. The molecule has 0 saturated carbocycles. The molecule has 2 aromatic rings. The van der Waals surface area contributed by atoms with Crippen LogP contribution in [-0.4, -0.2) is 15.9 Å². The summed E-state index contributed by atoms with van der Waals surface area (Å²) >= 11 is 11.4. The minimum absolute atomic E-state index is 0.309. The molecule has 0 radical (unpaired) electrons. The van der Waals surface area contributed by atoms with Crippen LogP contribution in [0.25, 0.3) is 0 Å². The number of nitrogens with zero attached hydrogens (tertiary/aromatic N) is 2. The Bertz CT molecular complexity index is 756. The summed E-state index contributed by atoms with van der Waals surface area (Å²) in [6.45, 7) is 1.11. The minimum atomic E-state index is -4.35. The van der Waals surface area contributed by atoms with Gasteiger partial charge in [0.25, 0.3) is 5.76 Å². The second-order valence-electron chi connectivity index (χ2n) is 4.20. The highest BCUT2D eigenvalue weighted by Gasteiger charge is 2.52. The molecule has 10 heteroatoms. The maximum atomic E-state index is 14.3. The van der Waals surface area contributed by atoms with Gasteiger partial charge in [0.15, 0.2) is 5.69 Å². The molecule has 0 spiro atoms. The Morgan fingerprint density at radius 3 is 2.41 bits per heavy atom. The second-order valence-corrected chi connectivity index (χ2v) is 5.02. The fourth-order valence-electron chi connectivity index (χ4n) is 1.76. The quantitative estimate of drug-likeness (QED) is 0.469. The molecule has 1 aromatic heterocycles. The third kappa shape index (κ3) is 2.55. The van der Waals surface area contributed by atoms with Crippen LogP contribution in [0.5, 0.6) is 0 Å². The number of hydrogen-bond acceptors (Lipinski definition) is 5. The number of benzene rings is 1. The predicted molar refractivity (Wildman–Crippen MR) is 72.6 cm³/mol. The Labute approximate surface area is 131 Å². The third-order valence-electron chi connectivity index (χ3n) is 2.77. The van der Waals surface area contributed by atoms with Crippen molar-refractivity contribution in [2.45, 2.75) is 12.8 Å². The van der Waals surface area contributed by atoms with Crippen molar-refractivity contribution in [3.05, 3.63) is 55.4 Å². The molecule has 0 aliphatic heterocycles. The maximum Gasteiger partial charge on any atom is 0.376 e. The van der Waals surface area contributed by atoms with Gasteiger partial charge in [-0.05, 0) is 19.1 Å². The van der Waals surface area contributed by atoms with E-state index in [0.29, 0.717) is 0 Å². The fraction of sp³-hybridized carbons (Fsp3) is 0.167. The Morgan fingerprint density at radius 2 is 1.91 bits per heavy atom. The smallest absolute Gasteiger partial charge is 0.346 e. The van der Waals surface area contributed by atoms with Crippen LogP contribution in [0.3, 0.4) is 0 Å². The summed E-state index contributed by atoms with van der Waals surface area (Å²) < 4.78 is 32.9. The first kappa shape index (κ1) is 16.3. The van der Waals surface area contributed by atoms with E-state index in [0.717, 1.165) is 6.92 Å². The molecule has 0 unspecified atom stereocenters. The van der Waals surface area contributed by atoms with Crippen LogP contribution >= 0.6 is 23.2 Å². The highest BCUT2D eigenvalue weighted by atomic mass is 35.5. The summed E-state index contributed by atoms with van der Waals surface area (Å²) in [5.41, 5.74) is -2.10. The summed E-state index contributed by atoms with van der Waals surface area (Å²) in [5.74, 6) is -7.63. The van der Waals surface area contributed by atoms with Gasteiger partial charge in [-0.1, -0.05) is 34.4 Å². The van der Waals surface area contributed by atoms with Crippen molar-refractivity contribution in [2.24, 2.45) is 0 Å². The molecule has 0 aliphatic rings. The van der Waals surface area contributed by atoms with E-state index in [1.165, 1.54) is 18.2 Å². The van der Waals surface area contributed by atoms with Crippen molar-refractivity contribution in [3.63, 3.8) is 0 Å². The average Bonchev–Trinajstić information content (AvgIpc) is 2.81. The highest BCUT2D eigenvalue weighted by molar-refractivity contribution is 6.40. The van der Waals surface area contributed by atoms with Gasteiger partial charge in [-0.2, -0.15) is 8.78 Å². The maximum absolute atomic E-state index is 14.3. The van der Waals surface area contributed by atoms with Crippen LogP contribution in [0, 0.1) is 17.0 Å². The van der Waals surface area contributed by atoms with Gasteiger partial charge in [-0.25, -0.2) is 0 Å². The van der Waals surface area contributed by atoms with Gasteiger partial charge in [-0.3, -0.25) is 14.9 Å². The molecule has 0 atom stereocenters. The van der Waals surface area contributed by atoms with E-state index in [9.17, 15) is 23.7 Å². The van der Waals surface area contributed by atoms with Gasteiger partial charge in [0.05, 0.1) is 20.5 Å². The molecule has 1 aromatic carbocycles. The molecule has 0 saturated heterocycles. The topological polar surface area (TPSA) is 86.2 Å². The van der Waals surface area contributed by atoms with Crippen LogP contribution in [0.15, 0.2) is 22.7 Å². The van der Waals surface area contributed by atoms with E-state index >= 15 is 0 Å². The molecule has 2 rings (SSSR count). The molecular formula is C12H6Cl2F2N2O4. The molecule has 116 valence electrons. The number of rotatable bonds is 4. The SMILES string of the molecule is Cc1noc(C(F)(F)C(=O)c2c(Cl)cccc2Cl)c1[N+](=O)[O-]. The number of aryl methyl sites for hydroxylation is 1. The number of aromatic nitrogens is 1. The molecule has 22 heavy (non-hydrogen) atoms. The van der Waals surface area contributed by atoms with Crippen molar-refractivity contribution >= 4 is 34.7 Å². The first-order chi connectivity index (χ1) is 10.2. The molecule has 1 heterocycles. The Hall–Kier alpha value is -2.06. The minimum Gasteiger partial charge on any atom is -0.346 e. The van der Waals surface area contributed by atoms with Gasteiger partial charge in [0.2, 0.25) is 5.78 Å². The number of Topliss-reactive ketones (excluding diaryl/α,β-unsaturated/α-hetero) is 1. The number of nitro groups is 1. The molecule has 0 bridgehead atoms.